The smallest absolute Gasteiger partial charge is 0.497 e. The number of rotatable bonds is 17. The first-order valence-electron chi connectivity index (χ1n) is 13.6. The highest BCUT2D eigenvalue weighted by Gasteiger charge is 2.31. The SMILES string of the molecule is COc1ccc(CN(CCOP(=O)(O)O)C(=O)CCCCc2ccc(OCCc3ccc(OC(F)(F)F)cc3)cc2)cc1.N. The van der Waals surface area contributed by atoms with Gasteiger partial charge in [-0.25, -0.2) is 4.57 Å². The minimum atomic E-state index is -4.72. The number of methoxy groups -OCH3 is 1. The van der Waals surface area contributed by atoms with Gasteiger partial charge in [-0.05, 0) is 72.4 Å². The van der Waals surface area contributed by atoms with E-state index in [2.05, 4.69) is 9.26 Å². The van der Waals surface area contributed by atoms with Crippen molar-refractivity contribution in [1.29, 1.82) is 0 Å². The minimum absolute atomic E-state index is 0. The van der Waals surface area contributed by atoms with Crippen LogP contribution in [-0.4, -0.2) is 53.8 Å². The van der Waals surface area contributed by atoms with Crippen molar-refractivity contribution in [3.05, 3.63) is 89.5 Å². The first kappa shape index (κ1) is 36.6. The van der Waals surface area contributed by atoms with Crippen LogP contribution in [0.5, 0.6) is 17.2 Å². The third-order valence-electron chi connectivity index (χ3n) is 6.35. The van der Waals surface area contributed by atoms with E-state index < -0.39 is 14.2 Å². The van der Waals surface area contributed by atoms with E-state index in [-0.39, 0.29) is 43.9 Å². The zero-order chi connectivity index (χ0) is 31.3. The van der Waals surface area contributed by atoms with Crippen molar-refractivity contribution in [2.75, 3.05) is 26.9 Å². The highest BCUT2D eigenvalue weighted by Crippen LogP contribution is 2.35. The van der Waals surface area contributed by atoms with Gasteiger partial charge in [-0.1, -0.05) is 36.4 Å². The highest BCUT2D eigenvalue weighted by molar-refractivity contribution is 7.46. The van der Waals surface area contributed by atoms with Crippen LogP contribution in [-0.2, 0) is 33.3 Å². The summed E-state index contributed by atoms with van der Waals surface area (Å²) in [7, 11) is -3.08. The lowest BCUT2D eigenvalue weighted by Crippen LogP contribution is -2.33. The van der Waals surface area contributed by atoms with Crippen molar-refractivity contribution < 1.29 is 51.1 Å². The Kier molecular flexibility index (Phi) is 14.7. The minimum Gasteiger partial charge on any atom is -0.497 e. The topological polar surface area (TPSA) is 150 Å². The molecule has 14 heteroatoms. The Morgan fingerprint density at radius 3 is 1.91 bits per heavy atom. The molecule has 5 N–H and O–H groups in total. The molecule has 0 unspecified atom stereocenters. The molecule has 3 rings (SSSR count). The highest BCUT2D eigenvalue weighted by atomic mass is 31.2. The zero-order valence-corrected chi connectivity index (χ0v) is 25.3. The van der Waals surface area contributed by atoms with Crippen molar-refractivity contribution in [3.8, 4) is 17.2 Å². The van der Waals surface area contributed by atoms with E-state index in [4.69, 9.17) is 19.3 Å². The number of carbonyl (C=O) groups is 1. The molecule has 1 amide bonds. The van der Waals surface area contributed by atoms with Gasteiger partial charge in [-0.2, -0.15) is 0 Å². The van der Waals surface area contributed by atoms with Crippen LogP contribution < -0.4 is 20.4 Å². The van der Waals surface area contributed by atoms with Crippen LogP contribution in [0.1, 0.15) is 36.0 Å². The summed E-state index contributed by atoms with van der Waals surface area (Å²) in [5, 5.41) is 0. The number of ether oxygens (including phenoxy) is 3. The summed E-state index contributed by atoms with van der Waals surface area (Å²) < 4.78 is 67.2. The summed E-state index contributed by atoms with van der Waals surface area (Å²) in [5.41, 5.74) is 2.74. The normalized spacial score (nSPS) is 11.4. The van der Waals surface area contributed by atoms with E-state index in [1.807, 2.05) is 36.4 Å². The number of benzene rings is 3. The monoisotopic (exact) mass is 642 g/mol. The average Bonchev–Trinajstić information content (AvgIpc) is 2.95. The van der Waals surface area contributed by atoms with Gasteiger partial charge < -0.3 is 35.0 Å². The molecular formula is C30H38F3N2O8P. The van der Waals surface area contributed by atoms with Gasteiger partial charge in [0.15, 0.2) is 0 Å². The second kappa shape index (κ2) is 17.6. The maximum absolute atomic E-state index is 12.9. The Balaban J connectivity index is 0.00000675. The average molecular weight is 643 g/mol. The van der Waals surface area contributed by atoms with E-state index in [0.717, 1.165) is 29.5 Å². The molecule has 0 fully saturated rings. The molecule has 44 heavy (non-hydrogen) atoms. The van der Waals surface area contributed by atoms with Gasteiger partial charge >= 0.3 is 14.2 Å². The molecule has 0 atom stereocenters. The Hall–Kier alpha value is -3.61. The third-order valence-corrected chi connectivity index (χ3v) is 6.87. The first-order chi connectivity index (χ1) is 20.4. The number of phosphoric ester groups is 1. The Morgan fingerprint density at radius 2 is 1.34 bits per heavy atom. The van der Waals surface area contributed by atoms with Crippen molar-refractivity contribution in [2.45, 2.75) is 45.0 Å². The molecule has 0 aliphatic rings. The molecule has 0 saturated heterocycles. The van der Waals surface area contributed by atoms with Crippen LogP contribution in [0, 0.1) is 0 Å². The fraction of sp³-hybridized carbons (Fsp3) is 0.367. The Labute approximate surface area is 254 Å². The molecule has 10 nitrogen and oxygen atoms in total. The second-order valence-electron chi connectivity index (χ2n) is 9.63. The maximum Gasteiger partial charge on any atom is 0.573 e. The van der Waals surface area contributed by atoms with Gasteiger partial charge in [-0.15, -0.1) is 13.2 Å². The number of hydrogen-bond acceptors (Lipinski definition) is 7. The lowest BCUT2D eigenvalue weighted by Gasteiger charge is -2.23. The van der Waals surface area contributed by atoms with Gasteiger partial charge in [0, 0.05) is 25.9 Å². The molecule has 0 aliphatic carbocycles. The lowest BCUT2D eigenvalue weighted by molar-refractivity contribution is -0.274. The summed E-state index contributed by atoms with van der Waals surface area (Å²) in [6.45, 7) is 0.374. The van der Waals surface area contributed by atoms with E-state index in [1.54, 1.807) is 31.4 Å². The zero-order valence-electron chi connectivity index (χ0n) is 24.4. The Morgan fingerprint density at radius 1 is 0.795 bits per heavy atom. The molecule has 0 aromatic heterocycles. The van der Waals surface area contributed by atoms with Gasteiger partial charge in [0.1, 0.15) is 17.2 Å². The molecule has 0 radical (unpaired) electrons. The molecular weight excluding hydrogens is 604 g/mol. The number of aryl methyl sites for hydroxylation is 1. The van der Waals surface area contributed by atoms with Crippen LogP contribution in [0.2, 0.25) is 0 Å². The van der Waals surface area contributed by atoms with E-state index in [0.29, 0.717) is 30.9 Å². The maximum atomic E-state index is 12.9. The molecule has 3 aromatic rings. The number of unbranched alkanes of at least 4 members (excludes halogenated alkanes) is 1. The quantitative estimate of drug-likeness (QED) is 0.115. The molecule has 0 bridgehead atoms. The van der Waals surface area contributed by atoms with Crippen LogP contribution in [0.3, 0.4) is 0 Å². The number of hydrogen-bond donors (Lipinski definition) is 3. The standard InChI is InChI=1S/C30H35F3NO8P.H3N/c1-39-26-12-10-25(11-13-26)22-34(19-21-41-43(36,37)38)29(35)5-3-2-4-23-6-14-27(15-7-23)40-20-18-24-8-16-28(17-9-24)42-30(31,32)33;/h6-17H,2-5,18-22H2,1H3,(H2,36,37,38);1H3. The number of nitrogens with zero attached hydrogens (tertiary/aromatic N) is 1. The summed E-state index contributed by atoms with van der Waals surface area (Å²) in [5.74, 6) is 0.938. The van der Waals surface area contributed by atoms with Gasteiger partial charge in [0.25, 0.3) is 0 Å². The van der Waals surface area contributed by atoms with Gasteiger partial charge in [-0.3, -0.25) is 9.32 Å². The summed E-state index contributed by atoms with van der Waals surface area (Å²) in [4.78, 5) is 32.4. The number of carbonyl (C=O) groups excluding carboxylic acids is 1. The van der Waals surface area contributed by atoms with Crippen LogP contribution in [0.15, 0.2) is 72.8 Å². The van der Waals surface area contributed by atoms with E-state index >= 15 is 0 Å². The summed E-state index contributed by atoms with van der Waals surface area (Å²) in [6.07, 6.45) is -1.79. The number of halogens is 3. The first-order valence-corrected chi connectivity index (χ1v) is 15.1. The lowest BCUT2D eigenvalue weighted by atomic mass is 10.1. The molecule has 0 saturated carbocycles. The molecule has 242 valence electrons. The summed E-state index contributed by atoms with van der Waals surface area (Å²) >= 11 is 0. The molecule has 0 heterocycles. The van der Waals surface area contributed by atoms with Gasteiger partial charge in [0.2, 0.25) is 5.91 Å². The Bertz CT molecular complexity index is 1320. The fourth-order valence-corrected chi connectivity index (χ4v) is 4.49. The molecule has 3 aromatic carbocycles. The molecule has 0 spiro atoms. The fourth-order valence-electron chi connectivity index (χ4n) is 4.17. The predicted molar refractivity (Wildman–Crippen MR) is 158 cm³/mol. The van der Waals surface area contributed by atoms with Gasteiger partial charge in [0.05, 0.1) is 20.3 Å². The van der Waals surface area contributed by atoms with Crippen molar-refractivity contribution >= 4 is 13.7 Å². The largest absolute Gasteiger partial charge is 0.573 e. The van der Waals surface area contributed by atoms with E-state index in [9.17, 15) is 22.5 Å². The van der Waals surface area contributed by atoms with Crippen LogP contribution >= 0.6 is 7.82 Å². The van der Waals surface area contributed by atoms with Crippen molar-refractivity contribution in [2.24, 2.45) is 0 Å². The second-order valence-corrected chi connectivity index (χ2v) is 10.9. The van der Waals surface area contributed by atoms with Crippen molar-refractivity contribution in [1.82, 2.24) is 11.1 Å². The molecule has 0 aliphatic heterocycles. The van der Waals surface area contributed by atoms with Crippen molar-refractivity contribution in [3.63, 3.8) is 0 Å². The summed E-state index contributed by atoms with van der Waals surface area (Å²) in [6, 6.07) is 20.4. The van der Waals surface area contributed by atoms with E-state index in [1.165, 1.54) is 17.0 Å². The van der Waals surface area contributed by atoms with Crippen LogP contribution in [0.25, 0.3) is 0 Å². The number of alkyl halides is 3. The predicted octanol–water partition coefficient (Wildman–Crippen LogP) is 6.23. The van der Waals surface area contributed by atoms with Crippen LogP contribution in [0.4, 0.5) is 13.2 Å². The number of phosphoric acid groups is 1. The third kappa shape index (κ3) is 14.2. The number of amides is 1.